The van der Waals surface area contributed by atoms with Gasteiger partial charge in [-0.1, -0.05) is 6.92 Å². The summed E-state index contributed by atoms with van der Waals surface area (Å²) in [6.07, 6.45) is 7.11. The number of carbonyl (C=O) groups is 1. The van der Waals surface area contributed by atoms with Crippen molar-refractivity contribution >= 4 is 17.2 Å². The molecule has 3 heterocycles. The number of amides is 1. The second kappa shape index (κ2) is 8.17. The monoisotopic (exact) mass is 354 g/mol. The van der Waals surface area contributed by atoms with E-state index in [2.05, 4.69) is 35.0 Å². The summed E-state index contributed by atoms with van der Waals surface area (Å²) < 4.78 is 1.82. The lowest BCUT2D eigenvalue weighted by molar-refractivity contribution is -0.133. The fraction of sp³-hybridized carbons (Fsp3) is 0.579. The molecular weight excluding hydrogens is 328 g/mol. The van der Waals surface area contributed by atoms with Crippen molar-refractivity contribution in [1.29, 1.82) is 5.26 Å². The minimum absolute atomic E-state index is 0.198. The van der Waals surface area contributed by atoms with Crippen LogP contribution in [0.2, 0.25) is 0 Å². The molecule has 1 fully saturated rings. The number of anilines is 1. The summed E-state index contributed by atoms with van der Waals surface area (Å²) in [5.74, 6) is 1.57. The predicted octanol–water partition coefficient (Wildman–Crippen LogP) is 2.49. The van der Waals surface area contributed by atoms with Gasteiger partial charge in [-0.2, -0.15) is 10.4 Å². The van der Waals surface area contributed by atoms with Crippen LogP contribution in [0.1, 0.15) is 39.0 Å². The van der Waals surface area contributed by atoms with E-state index in [1.54, 1.807) is 6.33 Å². The Balaban J connectivity index is 1.69. The SMILES string of the molecule is C[C@@H]1CCN(C(=O)CCCCC#N)C[C@@H]1N(C)c1ncnn2cccc12. The van der Waals surface area contributed by atoms with Crippen LogP contribution in [0.15, 0.2) is 24.7 Å². The summed E-state index contributed by atoms with van der Waals surface area (Å²) in [6, 6.07) is 6.33. The largest absolute Gasteiger partial charge is 0.353 e. The number of rotatable bonds is 6. The van der Waals surface area contributed by atoms with E-state index in [9.17, 15) is 4.79 Å². The minimum Gasteiger partial charge on any atom is -0.353 e. The molecule has 0 aliphatic carbocycles. The van der Waals surface area contributed by atoms with Crippen LogP contribution >= 0.6 is 0 Å². The number of nitrogens with zero attached hydrogens (tertiary/aromatic N) is 6. The highest BCUT2D eigenvalue weighted by molar-refractivity contribution is 5.76. The zero-order valence-electron chi connectivity index (χ0n) is 15.5. The fourth-order valence-electron chi connectivity index (χ4n) is 3.70. The van der Waals surface area contributed by atoms with Crippen molar-refractivity contribution in [3.05, 3.63) is 24.7 Å². The number of aromatic nitrogens is 3. The number of likely N-dealkylation sites (N-methyl/N-ethyl adjacent to an activating group) is 1. The van der Waals surface area contributed by atoms with Crippen molar-refractivity contribution in [2.75, 3.05) is 25.0 Å². The highest BCUT2D eigenvalue weighted by atomic mass is 16.2. The molecule has 2 aromatic heterocycles. The van der Waals surface area contributed by atoms with Crippen molar-refractivity contribution in [3.8, 4) is 6.07 Å². The van der Waals surface area contributed by atoms with E-state index in [0.717, 1.165) is 37.1 Å². The average molecular weight is 354 g/mol. The second-order valence-corrected chi connectivity index (χ2v) is 7.07. The highest BCUT2D eigenvalue weighted by Gasteiger charge is 2.32. The number of hydrogen-bond acceptors (Lipinski definition) is 5. The van der Waals surface area contributed by atoms with Gasteiger partial charge in [-0.05, 0) is 37.3 Å². The first-order valence-corrected chi connectivity index (χ1v) is 9.27. The maximum Gasteiger partial charge on any atom is 0.222 e. The first-order chi connectivity index (χ1) is 12.6. The van der Waals surface area contributed by atoms with Crippen LogP contribution in [0, 0.1) is 17.2 Å². The third-order valence-electron chi connectivity index (χ3n) is 5.35. The molecule has 3 rings (SSSR count). The fourth-order valence-corrected chi connectivity index (χ4v) is 3.70. The minimum atomic E-state index is 0.198. The van der Waals surface area contributed by atoms with Gasteiger partial charge in [0.1, 0.15) is 11.8 Å². The summed E-state index contributed by atoms with van der Waals surface area (Å²) in [5.41, 5.74) is 0.974. The predicted molar refractivity (Wildman–Crippen MR) is 99.6 cm³/mol. The molecule has 0 N–H and O–H groups in total. The van der Waals surface area contributed by atoms with Gasteiger partial charge in [0.25, 0.3) is 0 Å². The van der Waals surface area contributed by atoms with Crippen LogP contribution in [0.4, 0.5) is 5.82 Å². The zero-order valence-corrected chi connectivity index (χ0v) is 15.5. The molecule has 0 radical (unpaired) electrons. The lowest BCUT2D eigenvalue weighted by Crippen LogP contribution is -2.52. The number of nitriles is 1. The van der Waals surface area contributed by atoms with Crippen LogP contribution < -0.4 is 4.90 Å². The lowest BCUT2D eigenvalue weighted by atomic mass is 9.92. The van der Waals surface area contributed by atoms with E-state index >= 15 is 0 Å². The van der Waals surface area contributed by atoms with Gasteiger partial charge >= 0.3 is 0 Å². The maximum atomic E-state index is 12.5. The van der Waals surface area contributed by atoms with Gasteiger partial charge in [0, 0.05) is 39.2 Å². The molecule has 0 saturated carbocycles. The number of unbranched alkanes of at least 4 members (excludes halogenated alkanes) is 2. The van der Waals surface area contributed by atoms with Crippen LogP contribution in [0.3, 0.4) is 0 Å². The quantitative estimate of drug-likeness (QED) is 0.745. The highest BCUT2D eigenvalue weighted by Crippen LogP contribution is 2.27. The summed E-state index contributed by atoms with van der Waals surface area (Å²) in [7, 11) is 2.05. The van der Waals surface area contributed by atoms with Crippen molar-refractivity contribution < 1.29 is 4.79 Å². The molecule has 7 nitrogen and oxygen atoms in total. The maximum absolute atomic E-state index is 12.5. The van der Waals surface area contributed by atoms with E-state index in [1.807, 2.05) is 27.7 Å². The standard InChI is InChI=1S/C19H26N6O/c1-15-9-12-24(18(26)8-4-3-5-10-20)13-17(15)23(2)19-16-7-6-11-25(16)22-14-21-19/h6-7,11,14-15,17H,3-5,8-9,12-13H2,1-2H3/t15-,17+/m1/s1. The Morgan fingerprint density at radius 3 is 3.12 bits per heavy atom. The molecular formula is C19H26N6O. The lowest BCUT2D eigenvalue weighted by Gasteiger charge is -2.42. The number of likely N-dealkylation sites (tertiary alicyclic amines) is 1. The first kappa shape index (κ1) is 18.2. The molecule has 0 unspecified atom stereocenters. The Kier molecular flexibility index (Phi) is 5.71. The zero-order chi connectivity index (χ0) is 18.5. The number of fused-ring (bicyclic) bond motifs is 1. The molecule has 1 aliphatic rings. The topological polar surface area (TPSA) is 77.5 Å². The molecule has 7 heteroatoms. The number of hydrogen-bond donors (Lipinski definition) is 0. The summed E-state index contributed by atoms with van der Waals surface area (Å²) >= 11 is 0. The van der Waals surface area contributed by atoms with Crippen LogP contribution in [0.25, 0.3) is 5.52 Å². The molecule has 0 spiro atoms. The Labute approximate surface area is 154 Å². The average Bonchev–Trinajstić information content (AvgIpc) is 3.13. The van der Waals surface area contributed by atoms with E-state index in [0.29, 0.717) is 25.3 Å². The molecule has 1 amide bonds. The molecule has 0 bridgehead atoms. The molecule has 1 aliphatic heterocycles. The van der Waals surface area contributed by atoms with Gasteiger partial charge < -0.3 is 9.80 Å². The smallest absolute Gasteiger partial charge is 0.222 e. The molecule has 138 valence electrons. The van der Waals surface area contributed by atoms with Gasteiger partial charge in [0.2, 0.25) is 5.91 Å². The van der Waals surface area contributed by atoms with E-state index in [1.165, 1.54) is 0 Å². The van der Waals surface area contributed by atoms with Gasteiger partial charge in [-0.15, -0.1) is 0 Å². The number of carbonyl (C=O) groups excluding carboxylic acids is 1. The van der Waals surface area contributed by atoms with Gasteiger partial charge in [0.15, 0.2) is 5.82 Å². The van der Waals surface area contributed by atoms with Gasteiger partial charge in [0.05, 0.1) is 12.1 Å². The van der Waals surface area contributed by atoms with Crippen LogP contribution in [-0.2, 0) is 4.79 Å². The van der Waals surface area contributed by atoms with Gasteiger partial charge in [-0.25, -0.2) is 9.50 Å². The third-order valence-corrected chi connectivity index (χ3v) is 5.35. The molecule has 2 atom stereocenters. The third kappa shape index (κ3) is 3.79. The van der Waals surface area contributed by atoms with E-state index < -0.39 is 0 Å². The Hall–Kier alpha value is -2.62. The van der Waals surface area contributed by atoms with Crippen molar-refractivity contribution in [2.24, 2.45) is 5.92 Å². The molecule has 2 aromatic rings. The molecule has 1 saturated heterocycles. The van der Waals surface area contributed by atoms with Crippen molar-refractivity contribution in [1.82, 2.24) is 19.5 Å². The van der Waals surface area contributed by atoms with Crippen molar-refractivity contribution in [3.63, 3.8) is 0 Å². The van der Waals surface area contributed by atoms with Crippen molar-refractivity contribution in [2.45, 2.75) is 45.1 Å². The molecule has 26 heavy (non-hydrogen) atoms. The first-order valence-electron chi connectivity index (χ1n) is 9.27. The summed E-state index contributed by atoms with van der Waals surface area (Å²) in [6.45, 7) is 3.77. The normalized spacial score (nSPS) is 20.1. The van der Waals surface area contributed by atoms with E-state index in [-0.39, 0.29) is 11.9 Å². The summed E-state index contributed by atoms with van der Waals surface area (Å²) in [4.78, 5) is 21.2. The Morgan fingerprint density at radius 1 is 1.46 bits per heavy atom. The Bertz CT molecular complexity index is 795. The number of piperidine rings is 1. The van der Waals surface area contributed by atoms with Crippen LogP contribution in [0.5, 0.6) is 0 Å². The second-order valence-electron chi connectivity index (χ2n) is 7.07. The van der Waals surface area contributed by atoms with Crippen LogP contribution in [-0.4, -0.2) is 51.6 Å². The summed E-state index contributed by atoms with van der Waals surface area (Å²) in [5, 5.41) is 12.8. The van der Waals surface area contributed by atoms with Gasteiger partial charge in [-0.3, -0.25) is 4.79 Å². The van der Waals surface area contributed by atoms with E-state index in [4.69, 9.17) is 5.26 Å². The molecule has 0 aromatic carbocycles. The Morgan fingerprint density at radius 2 is 2.31 bits per heavy atom.